The van der Waals surface area contributed by atoms with Crippen molar-refractivity contribution in [3.8, 4) is 5.75 Å². The fourth-order valence-corrected chi connectivity index (χ4v) is 3.18. The van der Waals surface area contributed by atoms with E-state index in [9.17, 15) is 0 Å². The number of fused-ring (bicyclic) bond motifs is 1. The Kier molecular flexibility index (Phi) is 2.96. The van der Waals surface area contributed by atoms with Crippen LogP contribution in [0.15, 0.2) is 18.2 Å². The van der Waals surface area contributed by atoms with E-state index >= 15 is 0 Å². The molecule has 0 radical (unpaired) electrons. The average Bonchev–Trinajstić information content (AvgIpc) is 2.68. The summed E-state index contributed by atoms with van der Waals surface area (Å²) < 4.78 is 6.14. The van der Waals surface area contributed by atoms with E-state index in [2.05, 4.69) is 37.4 Å². The van der Waals surface area contributed by atoms with Gasteiger partial charge in [0.1, 0.15) is 5.75 Å². The molecule has 1 fully saturated rings. The summed E-state index contributed by atoms with van der Waals surface area (Å²) in [5.74, 6) is 1.03. The molecule has 0 bridgehead atoms. The Morgan fingerprint density at radius 3 is 3.00 bits per heavy atom. The molecule has 98 valence electrons. The van der Waals surface area contributed by atoms with Gasteiger partial charge in [0.25, 0.3) is 0 Å². The molecule has 1 aromatic carbocycles. The van der Waals surface area contributed by atoms with Gasteiger partial charge in [-0.05, 0) is 49.1 Å². The largest absolute Gasteiger partial charge is 0.490 e. The predicted octanol–water partition coefficient (Wildman–Crippen LogP) is 4.00. The van der Waals surface area contributed by atoms with Crippen LogP contribution in [0.5, 0.6) is 5.75 Å². The fourth-order valence-electron chi connectivity index (χ4n) is 3.18. The number of benzene rings is 1. The second-order valence-corrected chi connectivity index (χ2v) is 6.50. The normalized spacial score (nSPS) is 25.3. The molecule has 2 nitrogen and oxygen atoms in total. The Labute approximate surface area is 110 Å². The number of hydrogen-bond donors (Lipinski definition) is 1. The zero-order valence-corrected chi connectivity index (χ0v) is 11.5. The number of nitrogens with one attached hydrogen (secondary N) is 1. The van der Waals surface area contributed by atoms with Crippen molar-refractivity contribution < 1.29 is 4.74 Å². The van der Waals surface area contributed by atoms with E-state index in [1.165, 1.54) is 43.4 Å². The van der Waals surface area contributed by atoms with Gasteiger partial charge in [-0.3, -0.25) is 0 Å². The molecule has 0 spiro atoms. The molecule has 1 unspecified atom stereocenters. The van der Waals surface area contributed by atoms with Gasteiger partial charge in [0, 0.05) is 18.3 Å². The molecule has 1 atom stereocenters. The Hall–Kier alpha value is -1.18. The first-order valence-corrected chi connectivity index (χ1v) is 7.16. The van der Waals surface area contributed by atoms with E-state index < -0.39 is 0 Å². The first kappa shape index (κ1) is 11.9. The standard InChI is InChI=1S/C16H23NO/c1-16(2)8-7-14(11-16)18-13-6-5-12-4-3-9-17-15(12)10-13/h5-6,10,14,17H,3-4,7-9,11H2,1-2H3. The quantitative estimate of drug-likeness (QED) is 0.850. The number of anilines is 1. The van der Waals surface area contributed by atoms with Gasteiger partial charge in [-0.15, -0.1) is 0 Å². The van der Waals surface area contributed by atoms with Crippen LogP contribution in [-0.4, -0.2) is 12.6 Å². The zero-order valence-electron chi connectivity index (χ0n) is 11.5. The number of rotatable bonds is 2. The molecule has 2 heteroatoms. The van der Waals surface area contributed by atoms with E-state index in [0.29, 0.717) is 11.5 Å². The van der Waals surface area contributed by atoms with Crippen LogP contribution in [-0.2, 0) is 6.42 Å². The summed E-state index contributed by atoms with van der Waals surface area (Å²) in [7, 11) is 0. The Bertz CT molecular complexity index is 439. The van der Waals surface area contributed by atoms with Crippen LogP contribution >= 0.6 is 0 Å². The monoisotopic (exact) mass is 245 g/mol. The molecule has 1 N–H and O–H groups in total. The van der Waals surface area contributed by atoms with Crippen molar-refractivity contribution in [2.45, 2.75) is 52.1 Å². The minimum Gasteiger partial charge on any atom is -0.490 e. The lowest BCUT2D eigenvalue weighted by molar-refractivity contribution is 0.193. The van der Waals surface area contributed by atoms with Gasteiger partial charge in [0.05, 0.1) is 6.10 Å². The molecular formula is C16H23NO. The second kappa shape index (κ2) is 4.49. The highest BCUT2D eigenvalue weighted by atomic mass is 16.5. The van der Waals surface area contributed by atoms with Gasteiger partial charge in [0.2, 0.25) is 0 Å². The summed E-state index contributed by atoms with van der Waals surface area (Å²) in [6.45, 7) is 5.77. The van der Waals surface area contributed by atoms with E-state index in [-0.39, 0.29) is 0 Å². The van der Waals surface area contributed by atoms with E-state index in [0.717, 1.165) is 12.3 Å². The van der Waals surface area contributed by atoms with E-state index in [4.69, 9.17) is 4.74 Å². The Morgan fingerprint density at radius 1 is 1.33 bits per heavy atom. The van der Waals surface area contributed by atoms with Crippen LogP contribution in [0.25, 0.3) is 0 Å². The lowest BCUT2D eigenvalue weighted by Gasteiger charge is -2.21. The maximum absolute atomic E-state index is 6.14. The fraction of sp³-hybridized carbons (Fsp3) is 0.625. The molecule has 18 heavy (non-hydrogen) atoms. The summed E-state index contributed by atoms with van der Waals surface area (Å²) in [6.07, 6.45) is 6.49. The summed E-state index contributed by atoms with van der Waals surface area (Å²) in [5, 5.41) is 3.46. The Balaban J connectivity index is 1.70. The lowest BCUT2D eigenvalue weighted by atomic mass is 9.92. The van der Waals surface area contributed by atoms with Gasteiger partial charge in [-0.2, -0.15) is 0 Å². The van der Waals surface area contributed by atoms with Gasteiger partial charge in [-0.25, -0.2) is 0 Å². The predicted molar refractivity (Wildman–Crippen MR) is 75.3 cm³/mol. The second-order valence-electron chi connectivity index (χ2n) is 6.50. The minimum atomic E-state index is 0.404. The van der Waals surface area contributed by atoms with Crippen LogP contribution in [0.3, 0.4) is 0 Å². The molecule has 1 saturated carbocycles. The van der Waals surface area contributed by atoms with E-state index in [1.807, 2.05) is 0 Å². The highest BCUT2D eigenvalue weighted by molar-refractivity contribution is 5.56. The summed E-state index contributed by atoms with van der Waals surface area (Å²) >= 11 is 0. The van der Waals surface area contributed by atoms with Gasteiger partial charge >= 0.3 is 0 Å². The molecule has 1 aliphatic carbocycles. The van der Waals surface area contributed by atoms with Crippen LogP contribution in [0.2, 0.25) is 0 Å². The van der Waals surface area contributed by atoms with Crippen molar-refractivity contribution in [2.75, 3.05) is 11.9 Å². The average molecular weight is 245 g/mol. The lowest BCUT2D eigenvalue weighted by Crippen LogP contribution is -2.16. The molecule has 1 aliphatic heterocycles. The SMILES string of the molecule is CC1(C)CCC(Oc2ccc3c(c2)NCCC3)C1. The topological polar surface area (TPSA) is 21.3 Å². The summed E-state index contributed by atoms with van der Waals surface area (Å²) in [6, 6.07) is 6.54. The molecule has 3 rings (SSSR count). The van der Waals surface area contributed by atoms with Gasteiger partial charge in [-0.1, -0.05) is 19.9 Å². The van der Waals surface area contributed by atoms with Crippen LogP contribution in [0.1, 0.15) is 45.1 Å². The zero-order chi connectivity index (χ0) is 12.6. The van der Waals surface area contributed by atoms with Crippen LogP contribution < -0.4 is 10.1 Å². The third-order valence-corrected chi connectivity index (χ3v) is 4.25. The molecular weight excluding hydrogens is 222 g/mol. The third kappa shape index (κ3) is 2.47. The van der Waals surface area contributed by atoms with Crippen molar-refractivity contribution in [1.29, 1.82) is 0 Å². The van der Waals surface area contributed by atoms with Crippen molar-refractivity contribution >= 4 is 5.69 Å². The smallest absolute Gasteiger partial charge is 0.121 e. The maximum Gasteiger partial charge on any atom is 0.121 e. The van der Waals surface area contributed by atoms with Gasteiger partial charge in [0.15, 0.2) is 0 Å². The van der Waals surface area contributed by atoms with Crippen molar-refractivity contribution in [1.82, 2.24) is 0 Å². The van der Waals surface area contributed by atoms with Crippen molar-refractivity contribution in [3.05, 3.63) is 23.8 Å². The first-order valence-electron chi connectivity index (χ1n) is 7.16. The first-order chi connectivity index (χ1) is 8.62. The highest BCUT2D eigenvalue weighted by Gasteiger charge is 2.32. The number of ether oxygens (including phenoxy) is 1. The minimum absolute atomic E-state index is 0.404. The highest BCUT2D eigenvalue weighted by Crippen LogP contribution is 2.39. The van der Waals surface area contributed by atoms with Crippen LogP contribution in [0, 0.1) is 5.41 Å². The van der Waals surface area contributed by atoms with Crippen molar-refractivity contribution in [3.63, 3.8) is 0 Å². The summed E-state index contributed by atoms with van der Waals surface area (Å²) in [5.41, 5.74) is 3.16. The molecule has 1 heterocycles. The van der Waals surface area contributed by atoms with Crippen molar-refractivity contribution in [2.24, 2.45) is 5.41 Å². The number of aryl methyl sites for hydroxylation is 1. The molecule has 0 saturated heterocycles. The molecule has 0 aromatic heterocycles. The molecule has 1 aromatic rings. The third-order valence-electron chi connectivity index (χ3n) is 4.25. The maximum atomic E-state index is 6.14. The van der Waals surface area contributed by atoms with Gasteiger partial charge < -0.3 is 10.1 Å². The summed E-state index contributed by atoms with van der Waals surface area (Å²) in [4.78, 5) is 0. The molecule has 2 aliphatic rings. The number of hydrogen-bond acceptors (Lipinski definition) is 2. The molecule has 0 amide bonds. The van der Waals surface area contributed by atoms with Crippen LogP contribution in [0.4, 0.5) is 5.69 Å². The van der Waals surface area contributed by atoms with E-state index in [1.54, 1.807) is 0 Å². The Morgan fingerprint density at radius 2 is 2.22 bits per heavy atom.